The smallest absolute Gasteiger partial charge is 0.338 e. The number of hydrogen-bond donors (Lipinski definition) is 1. The predicted molar refractivity (Wildman–Crippen MR) is 73.5 cm³/mol. The molecule has 1 amide bonds. The van der Waals surface area contributed by atoms with Gasteiger partial charge in [0.05, 0.1) is 5.56 Å². The Morgan fingerprint density at radius 3 is 2.90 bits per heavy atom. The number of hydrogen-bond acceptors (Lipinski definition) is 2. The Hall–Kier alpha value is -1.82. The molecule has 0 bridgehead atoms. The van der Waals surface area contributed by atoms with E-state index in [1.807, 2.05) is 0 Å². The summed E-state index contributed by atoms with van der Waals surface area (Å²) in [5.41, 5.74) is -0.0602. The van der Waals surface area contributed by atoms with Crippen LogP contribution in [-0.4, -0.2) is 29.9 Å². The van der Waals surface area contributed by atoms with Gasteiger partial charge in [-0.3, -0.25) is 4.79 Å². The summed E-state index contributed by atoms with van der Waals surface area (Å²) in [7, 11) is 0. The highest BCUT2D eigenvalue weighted by Gasteiger charge is 2.30. The molecular formula is C15H17F3N2O. The minimum atomic E-state index is -4.32. The lowest BCUT2D eigenvalue weighted by Gasteiger charge is -2.15. The van der Waals surface area contributed by atoms with Crippen molar-refractivity contribution in [3.05, 3.63) is 48.0 Å². The molecule has 1 aromatic carbocycles. The Bertz CT molecular complexity index is 528. The van der Waals surface area contributed by atoms with E-state index in [4.69, 9.17) is 0 Å². The fraction of sp³-hybridized carbons (Fsp3) is 0.400. The summed E-state index contributed by atoms with van der Waals surface area (Å²) in [6.45, 7) is 4.99. The van der Waals surface area contributed by atoms with Gasteiger partial charge in [0.2, 0.25) is 5.91 Å². The zero-order chi connectivity index (χ0) is 15.5. The first-order valence-electron chi connectivity index (χ1n) is 6.71. The summed E-state index contributed by atoms with van der Waals surface area (Å²) in [6, 6.07) is 5.37. The summed E-state index contributed by atoms with van der Waals surface area (Å²) in [4.78, 5) is 13.1. The minimum Gasteiger partial charge on any atom is -0.338 e. The number of likely N-dealkylation sites (tertiary alicyclic amines) is 1. The van der Waals surface area contributed by atoms with Crippen LogP contribution in [0.15, 0.2) is 36.9 Å². The van der Waals surface area contributed by atoms with Crippen LogP contribution in [0.4, 0.5) is 13.2 Å². The van der Waals surface area contributed by atoms with Gasteiger partial charge >= 0.3 is 6.18 Å². The van der Waals surface area contributed by atoms with Gasteiger partial charge in [0.1, 0.15) is 0 Å². The van der Waals surface area contributed by atoms with E-state index >= 15 is 0 Å². The minimum absolute atomic E-state index is 0.100. The molecule has 0 saturated carbocycles. The molecule has 1 N–H and O–H groups in total. The zero-order valence-corrected chi connectivity index (χ0v) is 11.5. The first-order chi connectivity index (χ1) is 9.90. The number of nitrogens with zero attached hydrogens (tertiary/aromatic N) is 1. The van der Waals surface area contributed by atoms with Gasteiger partial charge < -0.3 is 10.2 Å². The van der Waals surface area contributed by atoms with Gasteiger partial charge in [0.25, 0.3) is 0 Å². The van der Waals surface area contributed by atoms with Gasteiger partial charge in [-0.25, -0.2) is 0 Å². The highest BCUT2D eigenvalue weighted by Crippen LogP contribution is 2.29. The van der Waals surface area contributed by atoms with Crippen molar-refractivity contribution < 1.29 is 18.0 Å². The molecule has 0 aliphatic carbocycles. The molecule has 1 fully saturated rings. The van der Waals surface area contributed by atoms with Crippen molar-refractivity contribution in [2.24, 2.45) is 0 Å². The Morgan fingerprint density at radius 1 is 1.48 bits per heavy atom. The van der Waals surface area contributed by atoms with Gasteiger partial charge in [0.15, 0.2) is 0 Å². The lowest BCUT2D eigenvalue weighted by atomic mass is 10.1. The molecule has 0 spiro atoms. The van der Waals surface area contributed by atoms with Gasteiger partial charge in [-0.2, -0.15) is 13.2 Å². The Morgan fingerprint density at radius 2 is 2.24 bits per heavy atom. The van der Waals surface area contributed by atoms with E-state index in [9.17, 15) is 18.0 Å². The molecule has 0 radical (unpaired) electrons. The number of nitrogens with one attached hydrogen (secondary N) is 1. The van der Waals surface area contributed by atoms with E-state index in [0.29, 0.717) is 25.2 Å². The largest absolute Gasteiger partial charge is 0.416 e. The quantitative estimate of drug-likeness (QED) is 0.867. The van der Waals surface area contributed by atoms with E-state index in [-0.39, 0.29) is 11.9 Å². The summed E-state index contributed by atoms with van der Waals surface area (Å²) < 4.78 is 37.8. The van der Waals surface area contributed by atoms with Crippen molar-refractivity contribution in [1.82, 2.24) is 10.2 Å². The van der Waals surface area contributed by atoms with E-state index in [0.717, 1.165) is 18.6 Å². The number of amides is 1. The lowest BCUT2D eigenvalue weighted by Crippen LogP contribution is -2.34. The maximum Gasteiger partial charge on any atom is 0.416 e. The average Bonchev–Trinajstić information content (AvgIpc) is 2.92. The number of carbonyl (C=O) groups is 1. The highest BCUT2D eigenvalue weighted by molar-refractivity contribution is 5.87. The zero-order valence-electron chi connectivity index (χ0n) is 11.5. The molecule has 1 aliphatic heterocycles. The van der Waals surface area contributed by atoms with Crippen molar-refractivity contribution in [2.75, 3.05) is 13.1 Å². The number of rotatable bonds is 4. The normalized spacial score (nSPS) is 18.8. The fourth-order valence-electron chi connectivity index (χ4n) is 2.38. The van der Waals surface area contributed by atoms with E-state index < -0.39 is 11.7 Å². The molecule has 114 valence electrons. The molecule has 1 heterocycles. The third-order valence-electron chi connectivity index (χ3n) is 3.52. The molecule has 21 heavy (non-hydrogen) atoms. The molecule has 6 heteroatoms. The van der Waals surface area contributed by atoms with Gasteiger partial charge in [-0.1, -0.05) is 24.8 Å². The average molecular weight is 298 g/mol. The van der Waals surface area contributed by atoms with Crippen LogP contribution in [0.25, 0.3) is 0 Å². The van der Waals surface area contributed by atoms with Crippen LogP contribution >= 0.6 is 0 Å². The van der Waals surface area contributed by atoms with Crippen LogP contribution in [0, 0.1) is 0 Å². The number of halogens is 3. The Balaban J connectivity index is 1.90. The Labute approximate surface area is 121 Å². The number of carbonyl (C=O) groups excluding carboxylic acids is 1. The highest BCUT2D eigenvalue weighted by atomic mass is 19.4. The first-order valence-corrected chi connectivity index (χ1v) is 6.71. The van der Waals surface area contributed by atoms with Crippen molar-refractivity contribution in [1.29, 1.82) is 0 Å². The summed E-state index contributed by atoms with van der Waals surface area (Å²) in [6.07, 6.45) is -2.26. The van der Waals surface area contributed by atoms with Crippen LogP contribution < -0.4 is 5.32 Å². The van der Waals surface area contributed by atoms with Crippen molar-refractivity contribution in [3.63, 3.8) is 0 Å². The van der Waals surface area contributed by atoms with Crippen molar-refractivity contribution in [2.45, 2.75) is 25.2 Å². The van der Waals surface area contributed by atoms with Crippen molar-refractivity contribution in [3.8, 4) is 0 Å². The topological polar surface area (TPSA) is 32.3 Å². The third-order valence-corrected chi connectivity index (χ3v) is 3.52. The molecule has 1 aromatic rings. The summed E-state index contributed by atoms with van der Waals surface area (Å²) in [5.74, 6) is -0.113. The fourth-order valence-corrected chi connectivity index (χ4v) is 2.38. The van der Waals surface area contributed by atoms with Crippen molar-refractivity contribution >= 4 is 5.91 Å². The van der Waals surface area contributed by atoms with E-state index in [2.05, 4.69) is 11.9 Å². The Kier molecular flexibility index (Phi) is 4.67. The van der Waals surface area contributed by atoms with Crippen LogP contribution in [0.3, 0.4) is 0 Å². The molecule has 1 saturated heterocycles. The van der Waals surface area contributed by atoms with Crippen LogP contribution in [0.5, 0.6) is 0 Å². The third kappa shape index (κ3) is 4.07. The molecule has 0 aromatic heterocycles. The molecule has 2 rings (SSSR count). The van der Waals surface area contributed by atoms with E-state index in [1.165, 1.54) is 12.1 Å². The molecule has 3 nitrogen and oxygen atoms in total. The second kappa shape index (κ2) is 6.30. The lowest BCUT2D eigenvalue weighted by molar-refractivity contribution is -0.137. The number of alkyl halides is 3. The summed E-state index contributed by atoms with van der Waals surface area (Å²) >= 11 is 0. The molecule has 1 unspecified atom stereocenters. The first kappa shape index (κ1) is 15.6. The second-order valence-corrected chi connectivity index (χ2v) is 5.05. The SMILES string of the molecule is C=CC(=O)N1CCC(NCc2cccc(C(F)(F)F)c2)C1. The summed E-state index contributed by atoms with van der Waals surface area (Å²) in [5, 5.41) is 3.19. The predicted octanol–water partition coefficient (Wildman–Crippen LogP) is 2.58. The monoisotopic (exact) mass is 298 g/mol. The van der Waals surface area contributed by atoms with Crippen LogP contribution in [-0.2, 0) is 17.5 Å². The van der Waals surface area contributed by atoms with Crippen LogP contribution in [0.1, 0.15) is 17.5 Å². The van der Waals surface area contributed by atoms with Crippen LogP contribution in [0.2, 0.25) is 0 Å². The maximum atomic E-state index is 12.6. The maximum absolute atomic E-state index is 12.6. The molecular weight excluding hydrogens is 281 g/mol. The van der Waals surface area contributed by atoms with E-state index in [1.54, 1.807) is 11.0 Å². The van der Waals surface area contributed by atoms with Gasteiger partial charge in [-0.05, 0) is 24.1 Å². The van der Waals surface area contributed by atoms with Gasteiger partial charge in [0, 0.05) is 25.7 Å². The number of benzene rings is 1. The van der Waals surface area contributed by atoms with Gasteiger partial charge in [-0.15, -0.1) is 0 Å². The molecule has 1 atom stereocenters. The second-order valence-electron chi connectivity index (χ2n) is 5.05. The standard InChI is InChI=1S/C15H17F3N2O/c1-2-14(21)20-7-6-13(10-20)19-9-11-4-3-5-12(8-11)15(16,17)18/h2-5,8,13,19H,1,6-7,9-10H2. The molecule has 1 aliphatic rings.